The predicted molar refractivity (Wildman–Crippen MR) is 79.5 cm³/mol. The van der Waals surface area contributed by atoms with Gasteiger partial charge in [0.1, 0.15) is 6.54 Å². The molecule has 6 nitrogen and oxygen atoms in total. The van der Waals surface area contributed by atoms with Gasteiger partial charge in [0, 0.05) is 24.2 Å². The van der Waals surface area contributed by atoms with Crippen molar-refractivity contribution < 1.29 is 14.7 Å². The molecular weight excluding hydrogens is 292 g/mol. The molecule has 0 aromatic carbocycles. The molecule has 21 heavy (non-hydrogen) atoms. The molecular formula is C14H20N2O4S. The van der Waals surface area contributed by atoms with Crippen LogP contribution in [0.5, 0.6) is 0 Å². The number of aryl methyl sites for hydroxylation is 1. The highest BCUT2D eigenvalue weighted by molar-refractivity contribution is 7.07. The maximum absolute atomic E-state index is 12.3. The predicted octanol–water partition coefficient (Wildman–Crippen LogP) is 1.32. The number of aromatic nitrogens is 1. The topological polar surface area (TPSA) is 79.6 Å². The Bertz CT molecular complexity index is 596. The first-order valence-electron chi connectivity index (χ1n) is 7.06. The van der Waals surface area contributed by atoms with Crippen LogP contribution in [-0.2, 0) is 16.1 Å². The average molecular weight is 312 g/mol. The van der Waals surface area contributed by atoms with Crippen LogP contribution in [-0.4, -0.2) is 39.5 Å². The fourth-order valence-corrected chi connectivity index (χ4v) is 3.47. The normalized spacial score (nSPS) is 17.7. The maximum atomic E-state index is 12.3. The van der Waals surface area contributed by atoms with Crippen LogP contribution < -0.4 is 4.87 Å². The lowest BCUT2D eigenvalue weighted by molar-refractivity contribution is -0.154. The maximum Gasteiger partial charge on any atom is 0.309 e. The number of rotatable bonds is 4. The minimum atomic E-state index is -0.776. The molecule has 1 amide bonds. The number of hydrogen-bond donors (Lipinski definition) is 1. The van der Waals surface area contributed by atoms with Crippen LogP contribution in [0.25, 0.3) is 0 Å². The molecule has 0 radical (unpaired) electrons. The molecule has 0 bridgehead atoms. The first kappa shape index (κ1) is 15.8. The van der Waals surface area contributed by atoms with Gasteiger partial charge >= 0.3 is 10.8 Å². The smallest absolute Gasteiger partial charge is 0.309 e. The zero-order valence-electron chi connectivity index (χ0n) is 12.3. The minimum absolute atomic E-state index is 0.0420. The van der Waals surface area contributed by atoms with Gasteiger partial charge in [0.15, 0.2) is 0 Å². The summed E-state index contributed by atoms with van der Waals surface area (Å²) in [4.78, 5) is 36.8. The highest BCUT2D eigenvalue weighted by Crippen LogP contribution is 2.35. The van der Waals surface area contributed by atoms with Gasteiger partial charge in [-0.05, 0) is 26.2 Å². The highest BCUT2D eigenvalue weighted by Gasteiger charge is 2.40. The Morgan fingerprint density at radius 2 is 2.00 bits per heavy atom. The van der Waals surface area contributed by atoms with E-state index in [1.165, 1.54) is 4.57 Å². The van der Waals surface area contributed by atoms with E-state index >= 15 is 0 Å². The van der Waals surface area contributed by atoms with Crippen LogP contribution in [0, 0.1) is 12.3 Å². The van der Waals surface area contributed by atoms with Crippen molar-refractivity contribution in [1.82, 2.24) is 9.47 Å². The molecule has 1 saturated heterocycles. The number of amides is 1. The number of carboxylic acids is 1. The number of piperidine rings is 1. The molecule has 7 heteroatoms. The summed E-state index contributed by atoms with van der Waals surface area (Å²) in [6.45, 7) is 4.60. The highest BCUT2D eigenvalue weighted by atomic mass is 32.1. The zero-order chi connectivity index (χ0) is 15.6. The summed E-state index contributed by atoms with van der Waals surface area (Å²) >= 11 is 1.09. The van der Waals surface area contributed by atoms with E-state index in [1.807, 2.05) is 6.92 Å². The van der Waals surface area contributed by atoms with E-state index in [-0.39, 0.29) is 17.3 Å². The summed E-state index contributed by atoms with van der Waals surface area (Å²) in [5.41, 5.74) is 0.0788. The second kappa shape index (κ2) is 6.01. The van der Waals surface area contributed by atoms with E-state index in [9.17, 15) is 19.5 Å². The Hall–Kier alpha value is -1.63. The first-order valence-corrected chi connectivity index (χ1v) is 7.93. The van der Waals surface area contributed by atoms with E-state index in [4.69, 9.17) is 0 Å². The van der Waals surface area contributed by atoms with Crippen LogP contribution in [0.3, 0.4) is 0 Å². The lowest BCUT2D eigenvalue weighted by atomic mass is 9.76. The number of carbonyl (C=O) groups excluding carboxylic acids is 1. The average Bonchev–Trinajstić information content (AvgIpc) is 2.79. The Balaban J connectivity index is 2.01. The number of carboxylic acid groups (broad SMARTS) is 1. The van der Waals surface area contributed by atoms with Crippen LogP contribution in [0.2, 0.25) is 0 Å². The molecule has 2 heterocycles. The number of carbonyl (C=O) groups is 2. The molecule has 0 aliphatic carbocycles. The van der Waals surface area contributed by atoms with Gasteiger partial charge in [0.2, 0.25) is 5.91 Å². The summed E-state index contributed by atoms with van der Waals surface area (Å²) in [7, 11) is 0. The molecule has 1 aromatic heterocycles. The van der Waals surface area contributed by atoms with Crippen molar-refractivity contribution in [3.8, 4) is 0 Å². The monoisotopic (exact) mass is 312 g/mol. The SMILES string of the molecule is CCC1(C(=O)O)CCN(C(=O)Cn2c(C)csc2=O)CC1. The Kier molecular flexibility index (Phi) is 4.51. The van der Waals surface area contributed by atoms with Crippen LogP contribution in [0.4, 0.5) is 0 Å². The second-order valence-corrected chi connectivity index (χ2v) is 6.37. The molecule has 1 aromatic rings. The number of thiazole rings is 1. The van der Waals surface area contributed by atoms with Crippen LogP contribution in [0.15, 0.2) is 10.2 Å². The molecule has 116 valence electrons. The lowest BCUT2D eigenvalue weighted by Gasteiger charge is -2.38. The molecule has 1 fully saturated rings. The number of nitrogens with zero attached hydrogens (tertiary/aromatic N) is 2. The summed E-state index contributed by atoms with van der Waals surface area (Å²) in [6, 6.07) is 0. The zero-order valence-corrected chi connectivity index (χ0v) is 13.1. The lowest BCUT2D eigenvalue weighted by Crippen LogP contribution is -2.47. The molecule has 0 spiro atoms. The summed E-state index contributed by atoms with van der Waals surface area (Å²) in [5.74, 6) is -0.893. The van der Waals surface area contributed by atoms with Gasteiger partial charge in [-0.25, -0.2) is 0 Å². The Labute approximate surface area is 127 Å². The van der Waals surface area contributed by atoms with Crippen molar-refractivity contribution >= 4 is 23.2 Å². The van der Waals surface area contributed by atoms with Crippen molar-refractivity contribution in [2.45, 2.75) is 39.7 Å². The Morgan fingerprint density at radius 1 is 1.38 bits per heavy atom. The molecule has 1 N–H and O–H groups in total. The van der Waals surface area contributed by atoms with E-state index in [1.54, 1.807) is 17.2 Å². The van der Waals surface area contributed by atoms with Gasteiger partial charge in [-0.1, -0.05) is 18.3 Å². The van der Waals surface area contributed by atoms with Gasteiger partial charge in [-0.3, -0.25) is 19.0 Å². The van der Waals surface area contributed by atoms with Gasteiger partial charge in [-0.15, -0.1) is 0 Å². The van der Waals surface area contributed by atoms with Crippen molar-refractivity contribution in [2.75, 3.05) is 13.1 Å². The summed E-state index contributed by atoms with van der Waals surface area (Å²) in [6.07, 6.45) is 1.53. The number of hydrogen-bond acceptors (Lipinski definition) is 4. The molecule has 0 unspecified atom stereocenters. The molecule has 2 rings (SSSR count). The standard InChI is InChI=1S/C14H20N2O4S/c1-3-14(12(18)19)4-6-15(7-5-14)11(17)8-16-10(2)9-21-13(16)20/h9H,3-8H2,1-2H3,(H,18,19). The minimum Gasteiger partial charge on any atom is -0.481 e. The van der Waals surface area contributed by atoms with E-state index in [0.29, 0.717) is 32.4 Å². The molecule has 1 aliphatic heterocycles. The summed E-state index contributed by atoms with van der Waals surface area (Å²) < 4.78 is 1.46. The number of aliphatic carboxylic acids is 1. The molecule has 1 aliphatic rings. The van der Waals surface area contributed by atoms with Gasteiger partial charge in [0.25, 0.3) is 0 Å². The Morgan fingerprint density at radius 3 is 2.43 bits per heavy atom. The third kappa shape index (κ3) is 3.02. The van der Waals surface area contributed by atoms with Crippen molar-refractivity contribution in [2.24, 2.45) is 5.41 Å². The van der Waals surface area contributed by atoms with Crippen molar-refractivity contribution in [3.63, 3.8) is 0 Å². The van der Waals surface area contributed by atoms with Gasteiger partial charge < -0.3 is 10.0 Å². The van der Waals surface area contributed by atoms with Gasteiger partial charge in [0.05, 0.1) is 5.41 Å². The van der Waals surface area contributed by atoms with E-state index in [2.05, 4.69) is 0 Å². The number of likely N-dealkylation sites (tertiary alicyclic amines) is 1. The van der Waals surface area contributed by atoms with Gasteiger partial charge in [-0.2, -0.15) is 0 Å². The largest absolute Gasteiger partial charge is 0.481 e. The van der Waals surface area contributed by atoms with Crippen LogP contribution >= 0.6 is 11.3 Å². The van der Waals surface area contributed by atoms with E-state index < -0.39 is 11.4 Å². The third-order valence-corrected chi connectivity index (χ3v) is 5.35. The second-order valence-electron chi connectivity index (χ2n) is 5.55. The van der Waals surface area contributed by atoms with Crippen LogP contribution in [0.1, 0.15) is 31.9 Å². The summed E-state index contributed by atoms with van der Waals surface area (Å²) in [5, 5.41) is 11.1. The molecule has 0 saturated carbocycles. The molecule has 0 atom stereocenters. The fraction of sp³-hybridized carbons (Fsp3) is 0.643. The fourth-order valence-electron chi connectivity index (χ4n) is 2.73. The van der Waals surface area contributed by atoms with Crippen molar-refractivity contribution in [1.29, 1.82) is 0 Å². The van der Waals surface area contributed by atoms with Crippen molar-refractivity contribution in [3.05, 3.63) is 20.7 Å². The van der Waals surface area contributed by atoms with E-state index in [0.717, 1.165) is 17.0 Å². The quantitative estimate of drug-likeness (QED) is 0.909. The first-order chi connectivity index (χ1) is 9.89. The third-order valence-electron chi connectivity index (χ3n) is 4.47.